The van der Waals surface area contributed by atoms with Crippen molar-refractivity contribution < 1.29 is 4.79 Å². The molecule has 2 heterocycles. The molecule has 2 bridgehead atoms. The number of nitrogens with two attached hydrogens (primary N) is 1. The van der Waals surface area contributed by atoms with Gasteiger partial charge in [0, 0.05) is 17.7 Å². The molecular weight excluding hydrogens is 397 g/mol. The molecule has 2 aromatic rings. The second-order valence-corrected chi connectivity index (χ2v) is 7.93. The van der Waals surface area contributed by atoms with Crippen molar-refractivity contribution in [1.29, 1.82) is 0 Å². The standard InChI is InChI=1S/C20H27N5O.2ClH/c1-12-8-13(2)25(24-12)18-7-6-17(11-22-18)23-20(26)16-9-14-4-3-5-15(10-16)19(14)21;;/h6-8,11,14-16,19H,3-5,9-10,21H2,1-2H3,(H,23,26);2*1H. The van der Waals surface area contributed by atoms with Crippen LogP contribution in [0, 0.1) is 31.6 Å². The molecule has 2 unspecified atom stereocenters. The third kappa shape index (κ3) is 4.50. The van der Waals surface area contributed by atoms with Crippen LogP contribution in [0.25, 0.3) is 5.82 Å². The second-order valence-electron chi connectivity index (χ2n) is 7.93. The first-order valence-corrected chi connectivity index (χ1v) is 9.57. The van der Waals surface area contributed by atoms with Gasteiger partial charge >= 0.3 is 0 Å². The minimum absolute atomic E-state index is 0. The Labute approximate surface area is 178 Å². The van der Waals surface area contributed by atoms with Crippen LogP contribution >= 0.6 is 24.8 Å². The van der Waals surface area contributed by atoms with Crippen molar-refractivity contribution in [3.8, 4) is 5.82 Å². The Balaban J connectivity index is 0.00000140. The van der Waals surface area contributed by atoms with Gasteiger partial charge < -0.3 is 11.1 Å². The number of nitrogens with one attached hydrogen (secondary N) is 1. The van der Waals surface area contributed by atoms with Gasteiger partial charge in [-0.2, -0.15) is 5.10 Å². The first-order chi connectivity index (χ1) is 12.5. The topological polar surface area (TPSA) is 85.8 Å². The predicted molar refractivity (Wildman–Crippen MR) is 115 cm³/mol. The number of amides is 1. The number of nitrogens with zero attached hydrogens (tertiary/aromatic N) is 3. The lowest BCUT2D eigenvalue weighted by molar-refractivity contribution is -0.122. The largest absolute Gasteiger partial charge is 0.327 e. The highest BCUT2D eigenvalue weighted by molar-refractivity contribution is 5.92. The van der Waals surface area contributed by atoms with Crippen LogP contribution in [0.1, 0.15) is 43.5 Å². The fourth-order valence-corrected chi connectivity index (χ4v) is 4.69. The van der Waals surface area contributed by atoms with E-state index in [-0.39, 0.29) is 42.7 Å². The Morgan fingerprint density at radius 1 is 1.18 bits per heavy atom. The van der Waals surface area contributed by atoms with Gasteiger partial charge in [0.05, 0.1) is 17.6 Å². The molecule has 0 spiro atoms. The molecule has 0 aromatic carbocycles. The van der Waals surface area contributed by atoms with E-state index in [0.29, 0.717) is 11.8 Å². The minimum Gasteiger partial charge on any atom is -0.327 e. The summed E-state index contributed by atoms with van der Waals surface area (Å²) < 4.78 is 1.81. The van der Waals surface area contributed by atoms with E-state index in [0.717, 1.165) is 35.7 Å². The zero-order valence-electron chi connectivity index (χ0n) is 16.3. The van der Waals surface area contributed by atoms with Gasteiger partial charge in [-0.05, 0) is 69.6 Å². The molecule has 6 nitrogen and oxygen atoms in total. The van der Waals surface area contributed by atoms with Crippen LogP contribution in [0.15, 0.2) is 24.4 Å². The summed E-state index contributed by atoms with van der Waals surface area (Å²) in [6.45, 7) is 3.96. The third-order valence-corrected chi connectivity index (χ3v) is 6.03. The van der Waals surface area contributed by atoms with Crippen LogP contribution in [0.4, 0.5) is 5.69 Å². The van der Waals surface area contributed by atoms with Gasteiger partial charge in [-0.3, -0.25) is 4.79 Å². The number of hydrogen-bond acceptors (Lipinski definition) is 4. The molecule has 154 valence electrons. The number of aryl methyl sites for hydroxylation is 2. The maximum Gasteiger partial charge on any atom is 0.227 e. The highest BCUT2D eigenvalue weighted by Crippen LogP contribution is 2.42. The summed E-state index contributed by atoms with van der Waals surface area (Å²) >= 11 is 0. The highest BCUT2D eigenvalue weighted by atomic mass is 35.5. The fraction of sp³-hybridized carbons (Fsp3) is 0.550. The lowest BCUT2D eigenvalue weighted by Gasteiger charge is -2.43. The molecule has 2 aliphatic carbocycles. The summed E-state index contributed by atoms with van der Waals surface area (Å²) in [4.78, 5) is 17.2. The van der Waals surface area contributed by atoms with Crippen LogP contribution in [0.5, 0.6) is 0 Å². The first kappa shape index (κ1) is 22.7. The molecule has 2 aliphatic rings. The Hall–Kier alpha value is -1.63. The van der Waals surface area contributed by atoms with Crippen molar-refractivity contribution in [3.05, 3.63) is 35.8 Å². The van der Waals surface area contributed by atoms with Crippen molar-refractivity contribution >= 4 is 36.4 Å². The Morgan fingerprint density at radius 2 is 1.86 bits per heavy atom. The summed E-state index contributed by atoms with van der Waals surface area (Å²) in [5, 5.41) is 7.48. The quantitative estimate of drug-likeness (QED) is 0.782. The van der Waals surface area contributed by atoms with Crippen molar-refractivity contribution in [1.82, 2.24) is 14.8 Å². The van der Waals surface area contributed by atoms with E-state index < -0.39 is 0 Å². The monoisotopic (exact) mass is 425 g/mol. The SMILES string of the molecule is Cc1cc(C)n(-c2ccc(NC(=O)C3CC4CCCC(C3)C4N)cn2)n1.Cl.Cl. The van der Waals surface area contributed by atoms with Gasteiger partial charge in [0.15, 0.2) is 5.82 Å². The van der Waals surface area contributed by atoms with E-state index in [1.807, 2.05) is 36.7 Å². The van der Waals surface area contributed by atoms with Gasteiger partial charge in [-0.25, -0.2) is 9.67 Å². The minimum atomic E-state index is 0. The van der Waals surface area contributed by atoms with Gasteiger partial charge in [-0.15, -0.1) is 24.8 Å². The van der Waals surface area contributed by atoms with Gasteiger partial charge in [-0.1, -0.05) is 6.42 Å². The molecule has 0 radical (unpaired) electrons. The summed E-state index contributed by atoms with van der Waals surface area (Å²) in [5.41, 5.74) is 9.07. The number of hydrogen-bond donors (Lipinski definition) is 2. The number of aromatic nitrogens is 3. The summed E-state index contributed by atoms with van der Waals surface area (Å²) in [7, 11) is 0. The smallest absolute Gasteiger partial charge is 0.227 e. The molecule has 4 rings (SSSR count). The maximum absolute atomic E-state index is 12.7. The van der Waals surface area contributed by atoms with Crippen LogP contribution in [0.3, 0.4) is 0 Å². The second kappa shape index (κ2) is 9.25. The molecule has 2 atom stereocenters. The number of fused-ring (bicyclic) bond motifs is 2. The van der Waals surface area contributed by atoms with E-state index in [2.05, 4.69) is 15.4 Å². The van der Waals surface area contributed by atoms with E-state index in [1.165, 1.54) is 19.3 Å². The molecule has 1 amide bonds. The molecular formula is C20H29Cl2N5O. The zero-order chi connectivity index (χ0) is 18.3. The predicted octanol–water partition coefficient (Wildman–Crippen LogP) is 3.82. The number of anilines is 1. The van der Waals surface area contributed by atoms with E-state index in [1.54, 1.807) is 6.20 Å². The molecule has 0 saturated heterocycles. The van der Waals surface area contributed by atoms with Crippen LogP contribution in [-0.4, -0.2) is 26.7 Å². The number of halogens is 2. The highest BCUT2D eigenvalue weighted by Gasteiger charge is 2.40. The van der Waals surface area contributed by atoms with Gasteiger partial charge in [0.25, 0.3) is 0 Å². The van der Waals surface area contributed by atoms with Crippen LogP contribution in [0.2, 0.25) is 0 Å². The Bertz CT molecular complexity index is 793. The van der Waals surface area contributed by atoms with Crippen molar-refractivity contribution in [3.63, 3.8) is 0 Å². The molecule has 28 heavy (non-hydrogen) atoms. The molecule has 2 aromatic heterocycles. The average molecular weight is 426 g/mol. The van der Waals surface area contributed by atoms with E-state index in [4.69, 9.17) is 5.73 Å². The van der Waals surface area contributed by atoms with Gasteiger partial charge in [0.2, 0.25) is 5.91 Å². The zero-order valence-corrected chi connectivity index (χ0v) is 17.9. The fourth-order valence-electron chi connectivity index (χ4n) is 4.69. The van der Waals surface area contributed by atoms with E-state index in [9.17, 15) is 4.79 Å². The average Bonchev–Trinajstić information content (AvgIpc) is 2.93. The van der Waals surface area contributed by atoms with Crippen molar-refractivity contribution in [2.75, 3.05) is 5.32 Å². The van der Waals surface area contributed by atoms with Crippen molar-refractivity contribution in [2.24, 2.45) is 23.5 Å². The summed E-state index contributed by atoms with van der Waals surface area (Å²) in [6.07, 6.45) is 7.14. The number of carbonyl (C=O) groups excluding carboxylic acids is 1. The van der Waals surface area contributed by atoms with E-state index >= 15 is 0 Å². The number of rotatable bonds is 3. The maximum atomic E-state index is 12.7. The van der Waals surface area contributed by atoms with Crippen LogP contribution < -0.4 is 11.1 Å². The first-order valence-electron chi connectivity index (χ1n) is 9.57. The molecule has 2 saturated carbocycles. The summed E-state index contributed by atoms with van der Waals surface area (Å²) in [6, 6.07) is 6.09. The lowest BCUT2D eigenvalue weighted by atomic mass is 9.65. The Kier molecular flexibility index (Phi) is 7.48. The number of carbonyl (C=O) groups is 1. The molecule has 3 N–H and O–H groups in total. The third-order valence-electron chi connectivity index (χ3n) is 6.03. The molecule has 2 fully saturated rings. The van der Waals surface area contributed by atoms with Gasteiger partial charge in [0.1, 0.15) is 0 Å². The normalized spacial score (nSPS) is 26.0. The molecule has 0 aliphatic heterocycles. The summed E-state index contributed by atoms with van der Waals surface area (Å²) in [5.74, 6) is 1.94. The Morgan fingerprint density at radius 3 is 2.39 bits per heavy atom. The van der Waals surface area contributed by atoms with Crippen LogP contribution in [-0.2, 0) is 4.79 Å². The number of pyridine rings is 1. The molecule has 8 heteroatoms. The lowest BCUT2D eigenvalue weighted by Crippen LogP contribution is -2.48. The van der Waals surface area contributed by atoms with Crippen molar-refractivity contribution in [2.45, 2.75) is 52.0 Å².